The lowest BCUT2D eigenvalue weighted by Crippen LogP contribution is -2.49. The second kappa shape index (κ2) is 7.61. The van der Waals surface area contributed by atoms with Gasteiger partial charge >= 0.3 is 6.09 Å². The van der Waals surface area contributed by atoms with Gasteiger partial charge in [-0.1, -0.05) is 30.8 Å². The standard InChI is InChI=1S/C20H31NO3/c1-19(2,3)24-18(22)21-17(15-23-20(21,4)5)14-13-16-11-9-7-6-8-10-12-16/h11,17H,6-10,12,15H2,1-5H3/b16-11+/t17-/m1/s1. The van der Waals surface area contributed by atoms with Crippen molar-refractivity contribution in [1.82, 2.24) is 4.90 Å². The maximum absolute atomic E-state index is 12.6. The maximum atomic E-state index is 12.6. The normalized spacial score (nSPS) is 26.5. The minimum Gasteiger partial charge on any atom is -0.444 e. The molecule has 1 amide bonds. The van der Waals surface area contributed by atoms with Crippen molar-refractivity contribution in [3.05, 3.63) is 11.6 Å². The van der Waals surface area contributed by atoms with Crippen molar-refractivity contribution >= 4 is 6.09 Å². The van der Waals surface area contributed by atoms with Gasteiger partial charge in [0, 0.05) is 0 Å². The summed E-state index contributed by atoms with van der Waals surface area (Å²) in [6, 6.07) is -0.263. The monoisotopic (exact) mass is 333 g/mol. The molecule has 1 aliphatic carbocycles. The summed E-state index contributed by atoms with van der Waals surface area (Å²) in [4.78, 5) is 14.2. The first kappa shape index (κ1) is 18.9. The number of amides is 1. The lowest BCUT2D eigenvalue weighted by Gasteiger charge is -2.33. The third-order valence-electron chi connectivity index (χ3n) is 4.27. The minimum atomic E-state index is -0.697. The smallest absolute Gasteiger partial charge is 0.413 e. The predicted molar refractivity (Wildman–Crippen MR) is 95.5 cm³/mol. The van der Waals surface area contributed by atoms with E-state index in [0.29, 0.717) is 6.61 Å². The fourth-order valence-electron chi connectivity index (χ4n) is 3.05. The van der Waals surface area contributed by atoms with Crippen LogP contribution in [0.2, 0.25) is 0 Å². The quantitative estimate of drug-likeness (QED) is 0.606. The van der Waals surface area contributed by atoms with Crippen LogP contribution in [0.4, 0.5) is 4.79 Å². The fourth-order valence-corrected chi connectivity index (χ4v) is 3.05. The number of nitrogens with zero attached hydrogens (tertiary/aromatic N) is 1. The highest BCUT2D eigenvalue weighted by molar-refractivity contribution is 5.70. The molecule has 2 rings (SSSR count). The number of hydrogen-bond acceptors (Lipinski definition) is 3. The van der Waals surface area contributed by atoms with Gasteiger partial charge in [0.05, 0.1) is 6.61 Å². The van der Waals surface area contributed by atoms with Crippen LogP contribution < -0.4 is 0 Å². The second-order valence-electron chi connectivity index (χ2n) is 8.08. The van der Waals surface area contributed by atoms with Gasteiger partial charge in [0.2, 0.25) is 0 Å². The van der Waals surface area contributed by atoms with Gasteiger partial charge in [0.25, 0.3) is 0 Å². The van der Waals surface area contributed by atoms with Crippen molar-refractivity contribution in [3.63, 3.8) is 0 Å². The van der Waals surface area contributed by atoms with E-state index in [1.165, 1.54) is 31.3 Å². The molecular weight excluding hydrogens is 302 g/mol. The summed E-state index contributed by atoms with van der Waals surface area (Å²) in [5, 5.41) is 0. The van der Waals surface area contributed by atoms with Crippen LogP contribution in [0.15, 0.2) is 11.6 Å². The Hall–Kier alpha value is -1.47. The first-order valence-corrected chi connectivity index (χ1v) is 9.06. The molecule has 24 heavy (non-hydrogen) atoms. The van der Waals surface area contributed by atoms with Crippen LogP contribution in [-0.2, 0) is 9.47 Å². The van der Waals surface area contributed by atoms with Crippen LogP contribution >= 0.6 is 0 Å². The molecule has 0 radical (unpaired) electrons. The topological polar surface area (TPSA) is 38.8 Å². The van der Waals surface area contributed by atoms with E-state index in [4.69, 9.17) is 9.47 Å². The first-order chi connectivity index (χ1) is 11.2. The maximum Gasteiger partial charge on any atom is 0.413 e. The number of carbonyl (C=O) groups excluding carboxylic acids is 1. The summed E-state index contributed by atoms with van der Waals surface area (Å²) >= 11 is 0. The Bertz CT molecular complexity index is 545. The Morgan fingerprint density at radius 1 is 1.29 bits per heavy atom. The molecule has 0 bridgehead atoms. The Morgan fingerprint density at radius 3 is 2.71 bits per heavy atom. The Morgan fingerprint density at radius 2 is 2.00 bits per heavy atom. The van der Waals surface area contributed by atoms with Gasteiger partial charge in [-0.25, -0.2) is 4.79 Å². The number of hydrogen-bond donors (Lipinski definition) is 0. The summed E-state index contributed by atoms with van der Waals surface area (Å²) < 4.78 is 11.3. The molecule has 0 aromatic carbocycles. The molecule has 0 saturated carbocycles. The minimum absolute atomic E-state index is 0.263. The zero-order valence-electron chi connectivity index (χ0n) is 15.8. The van der Waals surface area contributed by atoms with Crippen LogP contribution in [0.1, 0.15) is 73.1 Å². The molecule has 2 aliphatic rings. The molecule has 134 valence electrons. The summed E-state index contributed by atoms with van der Waals surface area (Å²) in [6.07, 6.45) is 9.07. The predicted octanol–water partition coefficient (Wildman–Crippen LogP) is 4.64. The zero-order valence-corrected chi connectivity index (χ0v) is 15.8. The van der Waals surface area contributed by atoms with Crippen LogP contribution in [0.5, 0.6) is 0 Å². The largest absolute Gasteiger partial charge is 0.444 e. The van der Waals surface area contributed by atoms with E-state index in [1.807, 2.05) is 34.6 Å². The molecule has 1 fully saturated rings. The van der Waals surface area contributed by atoms with Crippen LogP contribution in [0, 0.1) is 11.8 Å². The van der Waals surface area contributed by atoms with Crippen molar-refractivity contribution in [2.45, 2.75) is 90.5 Å². The van der Waals surface area contributed by atoms with Gasteiger partial charge in [-0.2, -0.15) is 0 Å². The summed E-state index contributed by atoms with van der Waals surface area (Å²) in [7, 11) is 0. The SMILES string of the molecule is CC(C)(C)OC(=O)N1[C@H](C#C/C2=C/CCCCCC2)COC1(C)C. The van der Waals surface area contributed by atoms with Crippen molar-refractivity contribution < 1.29 is 14.3 Å². The molecule has 0 N–H and O–H groups in total. The highest BCUT2D eigenvalue weighted by Crippen LogP contribution is 2.29. The van der Waals surface area contributed by atoms with Gasteiger partial charge in [0.15, 0.2) is 0 Å². The third-order valence-corrected chi connectivity index (χ3v) is 4.27. The lowest BCUT2D eigenvalue weighted by molar-refractivity contribution is -0.0608. The van der Waals surface area contributed by atoms with Gasteiger partial charge in [-0.3, -0.25) is 4.90 Å². The molecule has 1 aliphatic heterocycles. The second-order valence-corrected chi connectivity index (χ2v) is 8.08. The van der Waals surface area contributed by atoms with Gasteiger partial charge in [-0.15, -0.1) is 0 Å². The van der Waals surface area contributed by atoms with E-state index in [-0.39, 0.29) is 12.1 Å². The van der Waals surface area contributed by atoms with E-state index in [2.05, 4.69) is 17.9 Å². The Kier molecular flexibility index (Phi) is 5.98. The fraction of sp³-hybridized carbons (Fsp3) is 0.750. The molecule has 4 heteroatoms. The van der Waals surface area contributed by atoms with Gasteiger partial charge in [-0.05, 0) is 65.9 Å². The molecule has 4 nitrogen and oxygen atoms in total. The summed E-state index contributed by atoms with van der Waals surface area (Å²) in [5.41, 5.74) is -0.0316. The molecule has 0 aromatic heterocycles. The third kappa shape index (κ3) is 5.27. The molecule has 1 saturated heterocycles. The zero-order chi connectivity index (χ0) is 17.8. The van der Waals surface area contributed by atoms with Crippen LogP contribution in [0.3, 0.4) is 0 Å². The number of allylic oxidation sites excluding steroid dienone is 2. The van der Waals surface area contributed by atoms with Crippen molar-refractivity contribution in [3.8, 4) is 11.8 Å². The molecule has 0 spiro atoms. The van der Waals surface area contributed by atoms with Crippen LogP contribution in [-0.4, -0.2) is 35.0 Å². The Balaban J connectivity index is 2.13. The van der Waals surface area contributed by atoms with Crippen molar-refractivity contribution in [1.29, 1.82) is 0 Å². The molecule has 0 aromatic rings. The number of carbonyl (C=O) groups is 1. The van der Waals surface area contributed by atoms with Crippen LogP contribution in [0.25, 0.3) is 0 Å². The van der Waals surface area contributed by atoms with E-state index >= 15 is 0 Å². The van der Waals surface area contributed by atoms with E-state index < -0.39 is 11.3 Å². The van der Waals surface area contributed by atoms with E-state index in [1.54, 1.807) is 4.90 Å². The summed E-state index contributed by atoms with van der Waals surface area (Å²) in [6.45, 7) is 9.80. The molecule has 1 atom stereocenters. The van der Waals surface area contributed by atoms with Crippen molar-refractivity contribution in [2.24, 2.45) is 0 Å². The summed E-state index contributed by atoms with van der Waals surface area (Å²) in [5.74, 6) is 6.55. The lowest BCUT2D eigenvalue weighted by atomic mass is 10.00. The highest BCUT2D eigenvalue weighted by atomic mass is 16.6. The van der Waals surface area contributed by atoms with Crippen molar-refractivity contribution in [2.75, 3.05) is 6.61 Å². The average molecular weight is 333 g/mol. The molecule has 1 heterocycles. The number of rotatable bonds is 0. The average Bonchev–Trinajstić information content (AvgIpc) is 2.70. The Labute approximate surface area is 146 Å². The molecular formula is C20H31NO3. The highest BCUT2D eigenvalue weighted by Gasteiger charge is 2.45. The van der Waals surface area contributed by atoms with Gasteiger partial charge in [0.1, 0.15) is 17.4 Å². The van der Waals surface area contributed by atoms with Gasteiger partial charge < -0.3 is 9.47 Å². The first-order valence-electron chi connectivity index (χ1n) is 9.06. The number of ether oxygens (including phenoxy) is 2. The van der Waals surface area contributed by atoms with E-state index in [0.717, 1.165) is 12.8 Å². The van der Waals surface area contributed by atoms with E-state index in [9.17, 15) is 4.79 Å². The molecule has 0 unspecified atom stereocenters.